The van der Waals surface area contributed by atoms with Crippen LogP contribution in [0.25, 0.3) is 0 Å². The third-order valence-electron chi connectivity index (χ3n) is 4.21. The van der Waals surface area contributed by atoms with Crippen LogP contribution in [0.5, 0.6) is 0 Å². The Morgan fingerprint density at radius 3 is 2.67 bits per heavy atom. The van der Waals surface area contributed by atoms with Crippen LogP contribution in [0.3, 0.4) is 0 Å². The first kappa shape index (κ1) is 11.9. The number of hydrogen-bond donors (Lipinski definition) is 2. The van der Waals surface area contributed by atoms with Gasteiger partial charge in [-0.3, -0.25) is 0 Å². The lowest BCUT2D eigenvalue weighted by molar-refractivity contribution is 0.290. The molecule has 1 aliphatic carbocycles. The van der Waals surface area contributed by atoms with Crippen molar-refractivity contribution in [2.75, 3.05) is 18.4 Å². The highest BCUT2D eigenvalue weighted by Gasteiger charge is 2.45. The van der Waals surface area contributed by atoms with Crippen LogP contribution in [-0.4, -0.2) is 29.1 Å². The molecular formula is C14H22N4. The van der Waals surface area contributed by atoms with Crippen molar-refractivity contribution >= 4 is 5.95 Å². The molecule has 2 aliphatic rings. The van der Waals surface area contributed by atoms with Crippen molar-refractivity contribution in [3.8, 4) is 0 Å². The van der Waals surface area contributed by atoms with Crippen molar-refractivity contribution in [2.45, 2.75) is 45.6 Å². The molecule has 4 heteroatoms. The first-order valence-corrected chi connectivity index (χ1v) is 6.95. The van der Waals surface area contributed by atoms with Crippen molar-refractivity contribution in [1.82, 2.24) is 15.3 Å². The molecule has 2 N–H and O–H groups in total. The number of aromatic nitrogens is 2. The summed E-state index contributed by atoms with van der Waals surface area (Å²) >= 11 is 0. The van der Waals surface area contributed by atoms with Crippen LogP contribution >= 0.6 is 0 Å². The van der Waals surface area contributed by atoms with Gasteiger partial charge in [-0.1, -0.05) is 0 Å². The number of nitrogens with one attached hydrogen (secondary N) is 2. The number of piperidine rings is 1. The molecule has 0 amide bonds. The summed E-state index contributed by atoms with van der Waals surface area (Å²) in [6.45, 7) is 6.13. The summed E-state index contributed by atoms with van der Waals surface area (Å²) < 4.78 is 0. The Morgan fingerprint density at radius 2 is 2.00 bits per heavy atom. The van der Waals surface area contributed by atoms with Gasteiger partial charge in [-0.05, 0) is 57.6 Å². The van der Waals surface area contributed by atoms with E-state index < -0.39 is 0 Å². The molecule has 4 nitrogen and oxygen atoms in total. The van der Waals surface area contributed by atoms with Gasteiger partial charge in [0.25, 0.3) is 0 Å². The standard InChI is InChI=1S/C14H22N4/c1-10-7-11(2)18-13(17-10)16-9-12-8-14(3-4-14)5-6-15-12/h7,12,15H,3-6,8-9H2,1-2H3,(H,16,17,18). The molecule has 0 aromatic carbocycles. The molecule has 0 radical (unpaired) electrons. The predicted octanol–water partition coefficient (Wildman–Crippen LogP) is 2.04. The first-order chi connectivity index (χ1) is 8.65. The quantitative estimate of drug-likeness (QED) is 0.857. The van der Waals surface area contributed by atoms with Crippen molar-refractivity contribution in [3.05, 3.63) is 17.5 Å². The van der Waals surface area contributed by atoms with E-state index in [2.05, 4.69) is 20.6 Å². The van der Waals surface area contributed by atoms with Gasteiger partial charge in [0.15, 0.2) is 0 Å². The molecule has 2 fully saturated rings. The minimum atomic E-state index is 0.575. The van der Waals surface area contributed by atoms with E-state index in [4.69, 9.17) is 0 Å². The van der Waals surface area contributed by atoms with Gasteiger partial charge in [0.2, 0.25) is 5.95 Å². The molecule has 1 atom stereocenters. The Balaban J connectivity index is 1.57. The fraction of sp³-hybridized carbons (Fsp3) is 0.714. The van der Waals surface area contributed by atoms with E-state index in [1.165, 1.54) is 32.2 Å². The zero-order valence-electron chi connectivity index (χ0n) is 11.3. The molecule has 1 unspecified atom stereocenters. The Kier molecular flexibility index (Phi) is 2.98. The SMILES string of the molecule is Cc1cc(C)nc(NCC2CC3(CCN2)CC3)n1. The zero-order chi connectivity index (χ0) is 12.6. The van der Waals surface area contributed by atoms with Gasteiger partial charge in [-0.25, -0.2) is 9.97 Å². The molecule has 1 aliphatic heterocycles. The van der Waals surface area contributed by atoms with Gasteiger partial charge in [-0.2, -0.15) is 0 Å². The van der Waals surface area contributed by atoms with Gasteiger partial charge >= 0.3 is 0 Å². The molecule has 98 valence electrons. The van der Waals surface area contributed by atoms with Gasteiger partial charge in [0, 0.05) is 24.0 Å². The fourth-order valence-electron chi connectivity index (χ4n) is 3.03. The summed E-state index contributed by atoms with van der Waals surface area (Å²) in [5, 5.41) is 6.97. The molecule has 18 heavy (non-hydrogen) atoms. The second-order valence-electron chi connectivity index (χ2n) is 5.96. The van der Waals surface area contributed by atoms with Crippen molar-refractivity contribution < 1.29 is 0 Å². The Labute approximate surface area is 109 Å². The minimum Gasteiger partial charge on any atom is -0.353 e. The molecule has 2 heterocycles. The van der Waals surface area contributed by atoms with Gasteiger partial charge < -0.3 is 10.6 Å². The largest absolute Gasteiger partial charge is 0.353 e. The summed E-state index contributed by atoms with van der Waals surface area (Å²) in [7, 11) is 0. The van der Waals surface area contributed by atoms with Crippen LogP contribution < -0.4 is 10.6 Å². The minimum absolute atomic E-state index is 0.575. The third kappa shape index (κ3) is 2.64. The summed E-state index contributed by atoms with van der Waals surface area (Å²) in [6.07, 6.45) is 5.55. The highest BCUT2D eigenvalue weighted by atomic mass is 15.1. The molecule has 1 saturated heterocycles. The number of rotatable bonds is 3. The Hall–Kier alpha value is -1.16. The monoisotopic (exact) mass is 246 g/mol. The normalized spacial score (nSPS) is 25.1. The van der Waals surface area contributed by atoms with E-state index in [1.54, 1.807) is 0 Å². The molecular weight excluding hydrogens is 224 g/mol. The van der Waals surface area contributed by atoms with Crippen LogP contribution in [0.15, 0.2) is 6.07 Å². The lowest BCUT2D eigenvalue weighted by atomic mass is 9.89. The molecule has 1 saturated carbocycles. The topological polar surface area (TPSA) is 49.8 Å². The second kappa shape index (κ2) is 4.50. The van der Waals surface area contributed by atoms with Crippen LogP contribution in [0, 0.1) is 19.3 Å². The number of anilines is 1. The molecule has 1 aromatic heterocycles. The molecule has 1 aromatic rings. The summed E-state index contributed by atoms with van der Waals surface area (Å²) in [4.78, 5) is 8.84. The maximum Gasteiger partial charge on any atom is 0.223 e. The zero-order valence-corrected chi connectivity index (χ0v) is 11.3. The smallest absolute Gasteiger partial charge is 0.223 e. The van der Waals surface area contributed by atoms with Crippen molar-refractivity contribution in [1.29, 1.82) is 0 Å². The number of nitrogens with zero attached hydrogens (tertiary/aromatic N) is 2. The first-order valence-electron chi connectivity index (χ1n) is 6.95. The lowest BCUT2D eigenvalue weighted by Crippen LogP contribution is -2.43. The van der Waals surface area contributed by atoms with E-state index in [0.29, 0.717) is 11.5 Å². The van der Waals surface area contributed by atoms with Crippen LogP contribution in [0.2, 0.25) is 0 Å². The van der Waals surface area contributed by atoms with E-state index in [0.717, 1.165) is 23.9 Å². The lowest BCUT2D eigenvalue weighted by Gasteiger charge is -2.30. The second-order valence-corrected chi connectivity index (χ2v) is 5.96. The van der Waals surface area contributed by atoms with Crippen LogP contribution in [-0.2, 0) is 0 Å². The average Bonchev–Trinajstić information content (AvgIpc) is 3.05. The van der Waals surface area contributed by atoms with Crippen molar-refractivity contribution in [2.24, 2.45) is 5.41 Å². The van der Waals surface area contributed by atoms with Gasteiger partial charge in [0.1, 0.15) is 0 Å². The van der Waals surface area contributed by atoms with Crippen LogP contribution in [0.1, 0.15) is 37.1 Å². The Bertz CT molecular complexity index is 419. The predicted molar refractivity (Wildman–Crippen MR) is 72.7 cm³/mol. The summed E-state index contributed by atoms with van der Waals surface area (Å²) in [6, 6.07) is 2.58. The van der Waals surface area contributed by atoms with Crippen LogP contribution in [0.4, 0.5) is 5.95 Å². The molecule has 3 rings (SSSR count). The van der Waals surface area contributed by atoms with Gasteiger partial charge in [-0.15, -0.1) is 0 Å². The maximum absolute atomic E-state index is 4.42. The average molecular weight is 246 g/mol. The molecule has 0 bridgehead atoms. The molecule has 1 spiro atoms. The van der Waals surface area contributed by atoms with E-state index in [9.17, 15) is 0 Å². The fourth-order valence-corrected chi connectivity index (χ4v) is 3.03. The number of aryl methyl sites for hydroxylation is 2. The van der Waals surface area contributed by atoms with Crippen molar-refractivity contribution in [3.63, 3.8) is 0 Å². The maximum atomic E-state index is 4.42. The van der Waals surface area contributed by atoms with E-state index in [-0.39, 0.29) is 0 Å². The van der Waals surface area contributed by atoms with Gasteiger partial charge in [0.05, 0.1) is 0 Å². The summed E-state index contributed by atoms with van der Waals surface area (Å²) in [5.41, 5.74) is 2.75. The highest BCUT2D eigenvalue weighted by molar-refractivity contribution is 5.28. The van der Waals surface area contributed by atoms with E-state index >= 15 is 0 Å². The summed E-state index contributed by atoms with van der Waals surface area (Å²) in [5.74, 6) is 0.768. The third-order valence-corrected chi connectivity index (χ3v) is 4.21. The number of hydrogen-bond acceptors (Lipinski definition) is 4. The Morgan fingerprint density at radius 1 is 1.28 bits per heavy atom. The van der Waals surface area contributed by atoms with E-state index in [1.807, 2.05) is 19.9 Å². The highest BCUT2D eigenvalue weighted by Crippen LogP contribution is 2.53.